The van der Waals surface area contributed by atoms with Gasteiger partial charge < -0.3 is 20.5 Å². The van der Waals surface area contributed by atoms with E-state index in [9.17, 15) is 14.4 Å². The molecule has 1 aromatic rings. The minimum atomic E-state index is -1.11. The molecule has 0 aromatic heterocycles. The van der Waals surface area contributed by atoms with E-state index in [0.717, 1.165) is 0 Å². The monoisotopic (exact) mass is 320 g/mol. The summed E-state index contributed by atoms with van der Waals surface area (Å²) < 4.78 is 5.16. The number of carboxylic acid groups (broad SMARTS) is 1. The van der Waals surface area contributed by atoms with Gasteiger partial charge in [-0.1, -0.05) is 18.2 Å². The van der Waals surface area contributed by atoms with Crippen LogP contribution in [-0.4, -0.2) is 34.7 Å². The fourth-order valence-corrected chi connectivity index (χ4v) is 2.53. The van der Waals surface area contributed by atoms with Gasteiger partial charge in [-0.15, -0.1) is 0 Å². The van der Waals surface area contributed by atoms with E-state index in [-0.39, 0.29) is 12.3 Å². The number of amides is 2. The standard InChI is InChI=1S/C16H20N2O5/c1-16(2,3)23-15(22)18-11(8-12(19)20)13-9-6-4-5-7-10(9)17-14(13)21/h4-7,11,13H,8H2,1-3H3,(H,17,21)(H,18,22)(H,19,20)/t11-,13?/m0/s1. The molecule has 1 unspecified atom stereocenters. The molecule has 7 heteroatoms. The Labute approximate surface area is 134 Å². The summed E-state index contributed by atoms with van der Waals surface area (Å²) in [6, 6.07) is 6.11. The average molecular weight is 320 g/mol. The summed E-state index contributed by atoms with van der Waals surface area (Å²) >= 11 is 0. The number of hydrogen-bond acceptors (Lipinski definition) is 4. The lowest BCUT2D eigenvalue weighted by molar-refractivity contribution is -0.137. The van der Waals surface area contributed by atoms with Crippen LogP contribution in [0.3, 0.4) is 0 Å². The molecule has 0 fully saturated rings. The average Bonchev–Trinajstić information content (AvgIpc) is 2.70. The summed E-state index contributed by atoms with van der Waals surface area (Å²) in [7, 11) is 0. The Hall–Kier alpha value is -2.57. The van der Waals surface area contributed by atoms with Crippen LogP contribution in [0.4, 0.5) is 10.5 Å². The zero-order valence-corrected chi connectivity index (χ0v) is 13.3. The molecular formula is C16H20N2O5. The Kier molecular flexibility index (Phi) is 4.58. The molecule has 0 spiro atoms. The molecule has 0 saturated heterocycles. The highest BCUT2D eigenvalue weighted by Crippen LogP contribution is 2.35. The molecule has 2 rings (SSSR count). The Morgan fingerprint density at radius 2 is 2.00 bits per heavy atom. The van der Waals surface area contributed by atoms with E-state index in [2.05, 4.69) is 10.6 Å². The molecule has 1 aliphatic rings. The molecule has 7 nitrogen and oxygen atoms in total. The number of carbonyl (C=O) groups excluding carboxylic acids is 2. The summed E-state index contributed by atoms with van der Waals surface area (Å²) in [5.41, 5.74) is 0.580. The van der Waals surface area contributed by atoms with Crippen LogP contribution in [0, 0.1) is 0 Å². The van der Waals surface area contributed by atoms with E-state index in [1.165, 1.54) is 0 Å². The number of rotatable bonds is 4. The second-order valence-corrected chi connectivity index (χ2v) is 6.40. The predicted molar refractivity (Wildman–Crippen MR) is 83.2 cm³/mol. The minimum absolute atomic E-state index is 0.339. The molecule has 0 bridgehead atoms. The van der Waals surface area contributed by atoms with E-state index in [4.69, 9.17) is 9.84 Å². The highest BCUT2D eigenvalue weighted by molar-refractivity contribution is 6.03. The first-order chi connectivity index (χ1) is 10.7. The third-order valence-electron chi connectivity index (χ3n) is 3.34. The Bertz CT molecular complexity index is 636. The number of fused-ring (bicyclic) bond motifs is 1. The predicted octanol–water partition coefficient (Wildman–Crippen LogP) is 2.09. The maximum Gasteiger partial charge on any atom is 0.407 e. The van der Waals surface area contributed by atoms with Crippen molar-refractivity contribution in [3.63, 3.8) is 0 Å². The van der Waals surface area contributed by atoms with Gasteiger partial charge in [0.05, 0.1) is 18.4 Å². The third-order valence-corrected chi connectivity index (χ3v) is 3.34. The van der Waals surface area contributed by atoms with Crippen molar-refractivity contribution in [2.45, 2.75) is 44.8 Å². The summed E-state index contributed by atoms with van der Waals surface area (Å²) in [6.07, 6.45) is -1.13. The molecule has 1 heterocycles. The molecule has 1 aromatic carbocycles. The SMILES string of the molecule is CC(C)(C)OC(=O)N[C@@H](CC(=O)O)C1C(=O)Nc2ccccc21. The summed E-state index contributed by atoms with van der Waals surface area (Å²) in [6.45, 7) is 5.11. The van der Waals surface area contributed by atoms with E-state index in [0.29, 0.717) is 11.3 Å². The lowest BCUT2D eigenvalue weighted by Crippen LogP contribution is -2.45. The number of benzene rings is 1. The second kappa shape index (κ2) is 6.28. The first-order valence-electron chi connectivity index (χ1n) is 7.28. The largest absolute Gasteiger partial charge is 0.481 e. The summed E-state index contributed by atoms with van der Waals surface area (Å²) in [5, 5.41) is 14.3. The van der Waals surface area contributed by atoms with Crippen LogP contribution in [0.5, 0.6) is 0 Å². The van der Waals surface area contributed by atoms with Gasteiger partial charge in [0.1, 0.15) is 5.60 Å². The van der Waals surface area contributed by atoms with E-state index in [1.807, 2.05) is 0 Å². The van der Waals surface area contributed by atoms with Crippen molar-refractivity contribution in [1.82, 2.24) is 5.32 Å². The second-order valence-electron chi connectivity index (χ2n) is 6.40. The lowest BCUT2D eigenvalue weighted by atomic mass is 9.90. The van der Waals surface area contributed by atoms with Crippen molar-refractivity contribution >= 4 is 23.7 Å². The van der Waals surface area contributed by atoms with Gasteiger partial charge in [0.25, 0.3) is 0 Å². The Morgan fingerprint density at radius 3 is 2.61 bits per heavy atom. The van der Waals surface area contributed by atoms with Gasteiger partial charge in [-0.05, 0) is 32.4 Å². The molecule has 0 aliphatic carbocycles. The van der Waals surface area contributed by atoms with Crippen LogP contribution in [0.1, 0.15) is 38.7 Å². The van der Waals surface area contributed by atoms with Gasteiger partial charge in [-0.25, -0.2) is 4.79 Å². The molecule has 23 heavy (non-hydrogen) atoms. The summed E-state index contributed by atoms with van der Waals surface area (Å²) in [5.74, 6) is -2.22. The van der Waals surface area contributed by atoms with Gasteiger partial charge >= 0.3 is 12.1 Å². The number of nitrogens with one attached hydrogen (secondary N) is 2. The van der Waals surface area contributed by atoms with Crippen molar-refractivity contribution < 1.29 is 24.2 Å². The van der Waals surface area contributed by atoms with Gasteiger partial charge in [0.2, 0.25) is 5.91 Å². The van der Waals surface area contributed by atoms with E-state index >= 15 is 0 Å². The number of ether oxygens (including phenoxy) is 1. The highest BCUT2D eigenvalue weighted by atomic mass is 16.6. The molecule has 124 valence electrons. The molecule has 0 saturated carbocycles. The maximum absolute atomic E-state index is 12.2. The number of hydrogen-bond donors (Lipinski definition) is 3. The topological polar surface area (TPSA) is 105 Å². The maximum atomic E-state index is 12.2. The lowest BCUT2D eigenvalue weighted by Gasteiger charge is -2.25. The minimum Gasteiger partial charge on any atom is -0.481 e. The molecule has 3 N–H and O–H groups in total. The van der Waals surface area contributed by atoms with Crippen LogP contribution >= 0.6 is 0 Å². The van der Waals surface area contributed by atoms with Crippen molar-refractivity contribution in [3.05, 3.63) is 29.8 Å². The fourth-order valence-electron chi connectivity index (χ4n) is 2.53. The first kappa shape index (κ1) is 16.8. The van der Waals surface area contributed by atoms with Crippen molar-refractivity contribution in [3.8, 4) is 0 Å². The van der Waals surface area contributed by atoms with Crippen LogP contribution < -0.4 is 10.6 Å². The quantitative estimate of drug-likeness (QED) is 0.788. The first-order valence-corrected chi connectivity index (χ1v) is 7.28. The van der Waals surface area contributed by atoms with E-state index < -0.39 is 29.6 Å². The molecule has 2 amide bonds. The number of carboxylic acids is 1. The molecule has 1 aliphatic heterocycles. The van der Waals surface area contributed by atoms with Crippen molar-refractivity contribution in [2.24, 2.45) is 0 Å². The van der Waals surface area contributed by atoms with Crippen LogP contribution in [0.2, 0.25) is 0 Å². The normalized spacial score (nSPS) is 17.9. The molecule has 0 radical (unpaired) electrons. The zero-order valence-electron chi connectivity index (χ0n) is 13.3. The van der Waals surface area contributed by atoms with Gasteiger partial charge in [-0.3, -0.25) is 9.59 Å². The van der Waals surface area contributed by atoms with Gasteiger partial charge in [0.15, 0.2) is 0 Å². The van der Waals surface area contributed by atoms with Crippen LogP contribution in [-0.2, 0) is 14.3 Å². The van der Waals surface area contributed by atoms with Crippen molar-refractivity contribution in [2.75, 3.05) is 5.32 Å². The number of aliphatic carboxylic acids is 1. The smallest absolute Gasteiger partial charge is 0.407 e. The van der Waals surface area contributed by atoms with Crippen LogP contribution in [0.15, 0.2) is 24.3 Å². The molecule has 2 atom stereocenters. The Balaban J connectivity index is 2.23. The summed E-state index contributed by atoms with van der Waals surface area (Å²) in [4.78, 5) is 35.3. The highest BCUT2D eigenvalue weighted by Gasteiger charge is 2.39. The van der Waals surface area contributed by atoms with Crippen LogP contribution in [0.25, 0.3) is 0 Å². The van der Waals surface area contributed by atoms with Crippen molar-refractivity contribution in [1.29, 1.82) is 0 Å². The number of alkyl carbamates (subject to hydrolysis) is 1. The van der Waals surface area contributed by atoms with E-state index in [1.54, 1.807) is 45.0 Å². The third kappa shape index (κ3) is 4.21. The zero-order chi connectivity index (χ0) is 17.2. The molecular weight excluding hydrogens is 300 g/mol. The Morgan fingerprint density at radius 1 is 1.35 bits per heavy atom. The number of anilines is 1. The fraction of sp³-hybridized carbons (Fsp3) is 0.438. The number of para-hydroxylation sites is 1. The van der Waals surface area contributed by atoms with Gasteiger partial charge in [0, 0.05) is 5.69 Å². The van der Waals surface area contributed by atoms with Gasteiger partial charge in [-0.2, -0.15) is 0 Å². The number of carbonyl (C=O) groups is 3.